The Hall–Kier alpha value is -3.68. The molecule has 1 aliphatic heterocycles. The summed E-state index contributed by atoms with van der Waals surface area (Å²) in [6, 6.07) is 15.4. The van der Waals surface area contributed by atoms with Gasteiger partial charge in [0.25, 0.3) is 5.95 Å². The molecule has 0 bridgehead atoms. The fourth-order valence-corrected chi connectivity index (χ4v) is 3.75. The van der Waals surface area contributed by atoms with Crippen LogP contribution in [0.1, 0.15) is 21.6 Å². The number of aromatic nitrogens is 5. The Morgan fingerprint density at radius 2 is 2.04 bits per heavy atom. The van der Waals surface area contributed by atoms with E-state index in [1.807, 2.05) is 42.5 Å². The lowest BCUT2D eigenvalue weighted by Gasteiger charge is -2.27. The number of para-hydroxylation sites is 1. The summed E-state index contributed by atoms with van der Waals surface area (Å²) >= 11 is 0. The summed E-state index contributed by atoms with van der Waals surface area (Å²) in [6.07, 6.45) is 0.846. The molecule has 8 nitrogen and oxygen atoms in total. The van der Waals surface area contributed by atoms with E-state index >= 15 is 0 Å². The monoisotopic (exact) mass is 374 g/mol. The van der Waals surface area contributed by atoms with Gasteiger partial charge in [-0.1, -0.05) is 23.3 Å². The van der Waals surface area contributed by atoms with Gasteiger partial charge in [0.2, 0.25) is 0 Å². The van der Waals surface area contributed by atoms with Crippen molar-refractivity contribution in [1.82, 2.24) is 25.2 Å². The standard InChI is InChI=1S/C20H18N6O2/c1-28-19(27)13-7-8-17-15(11-13)16-12-25(10-9-18(16)21-17)20-22-23-24-26(20)14-5-3-2-4-6-14/h2-8,11,21H,9-10,12H2,1H3. The molecule has 0 aliphatic carbocycles. The van der Waals surface area contributed by atoms with Crippen molar-refractivity contribution < 1.29 is 9.53 Å². The van der Waals surface area contributed by atoms with Crippen LogP contribution >= 0.6 is 0 Å². The number of methoxy groups -OCH3 is 1. The first-order chi connectivity index (χ1) is 13.7. The van der Waals surface area contributed by atoms with E-state index in [2.05, 4.69) is 25.4 Å². The summed E-state index contributed by atoms with van der Waals surface area (Å²) in [5.41, 5.74) is 4.83. The van der Waals surface area contributed by atoms with Gasteiger partial charge in [0.1, 0.15) is 0 Å². The van der Waals surface area contributed by atoms with Gasteiger partial charge in [-0.05, 0) is 40.8 Å². The number of hydrogen-bond donors (Lipinski definition) is 1. The van der Waals surface area contributed by atoms with Crippen molar-refractivity contribution in [2.75, 3.05) is 18.6 Å². The zero-order valence-electron chi connectivity index (χ0n) is 15.3. The molecule has 0 spiro atoms. The van der Waals surface area contributed by atoms with Gasteiger partial charge in [0, 0.05) is 41.7 Å². The number of hydrogen-bond acceptors (Lipinski definition) is 6. The van der Waals surface area contributed by atoms with Gasteiger partial charge in [-0.2, -0.15) is 4.68 Å². The van der Waals surface area contributed by atoms with Gasteiger partial charge in [0.15, 0.2) is 0 Å². The highest BCUT2D eigenvalue weighted by Crippen LogP contribution is 2.30. The molecule has 2 aromatic carbocycles. The minimum absolute atomic E-state index is 0.336. The van der Waals surface area contributed by atoms with Crippen LogP contribution in [-0.4, -0.2) is 44.8 Å². The highest BCUT2D eigenvalue weighted by atomic mass is 16.5. The molecule has 5 rings (SSSR count). The number of H-pyrrole nitrogens is 1. The van der Waals surface area contributed by atoms with Crippen molar-refractivity contribution in [1.29, 1.82) is 0 Å². The zero-order chi connectivity index (χ0) is 19.1. The molecular weight excluding hydrogens is 356 g/mol. The quantitative estimate of drug-likeness (QED) is 0.554. The van der Waals surface area contributed by atoms with Crippen LogP contribution in [0.2, 0.25) is 0 Å². The molecule has 28 heavy (non-hydrogen) atoms. The van der Waals surface area contributed by atoms with E-state index in [9.17, 15) is 4.79 Å². The second-order valence-corrected chi connectivity index (χ2v) is 6.73. The Balaban J connectivity index is 1.54. The van der Waals surface area contributed by atoms with E-state index in [1.165, 1.54) is 12.8 Å². The van der Waals surface area contributed by atoms with Gasteiger partial charge in [-0.25, -0.2) is 4.79 Å². The van der Waals surface area contributed by atoms with Crippen LogP contribution < -0.4 is 4.90 Å². The number of fused-ring (bicyclic) bond motifs is 3. The molecule has 0 unspecified atom stereocenters. The summed E-state index contributed by atoms with van der Waals surface area (Å²) in [5, 5.41) is 13.3. The van der Waals surface area contributed by atoms with Crippen molar-refractivity contribution in [3.8, 4) is 5.69 Å². The molecule has 2 aromatic heterocycles. The molecule has 1 aliphatic rings. The third-order valence-electron chi connectivity index (χ3n) is 5.13. The Kier molecular flexibility index (Phi) is 3.82. The van der Waals surface area contributed by atoms with Gasteiger partial charge in [0.05, 0.1) is 18.4 Å². The first-order valence-corrected chi connectivity index (χ1v) is 9.05. The van der Waals surface area contributed by atoms with E-state index in [0.717, 1.165) is 35.1 Å². The normalized spacial score (nSPS) is 13.5. The average molecular weight is 374 g/mol. The van der Waals surface area contributed by atoms with Crippen LogP contribution in [0.4, 0.5) is 5.95 Å². The van der Waals surface area contributed by atoms with Crippen molar-refractivity contribution in [2.45, 2.75) is 13.0 Å². The summed E-state index contributed by atoms with van der Waals surface area (Å²) in [5.74, 6) is 0.368. The van der Waals surface area contributed by atoms with Crippen LogP contribution in [0.25, 0.3) is 16.6 Å². The highest BCUT2D eigenvalue weighted by molar-refractivity contribution is 5.96. The highest BCUT2D eigenvalue weighted by Gasteiger charge is 2.25. The lowest BCUT2D eigenvalue weighted by atomic mass is 10.0. The Bertz CT molecular complexity index is 1160. The van der Waals surface area contributed by atoms with E-state index in [1.54, 1.807) is 10.7 Å². The molecule has 3 heterocycles. The minimum Gasteiger partial charge on any atom is -0.465 e. The predicted octanol–water partition coefficient (Wildman–Crippen LogP) is 2.49. The van der Waals surface area contributed by atoms with Crippen LogP contribution in [0.3, 0.4) is 0 Å². The SMILES string of the molecule is COC(=O)c1ccc2[nH]c3c(c2c1)CN(c1nnnn1-c1ccccc1)CC3. The average Bonchev–Trinajstić information content (AvgIpc) is 3.37. The Morgan fingerprint density at radius 3 is 2.86 bits per heavy atom. The molecule has 8 heteroatoms. The topological polar surface area (TPSA) is 88.9 Å². The van der Waals surface area contributed by atoms with Crippen LogP contribution in [-0.2, 0) is 17.7 Å². The fourth-order valence-electron chi connectivity index (χ4n) is 3.75. The number of ether oxygens (including phenoxy) is 1. The predicted molar refractivity (Wildman–Crippen MR) is 104 cm³/mol. The van der Waals surface area contributed by atoms with Crippen molar-refractivity contribution >= 4 is 22.8 Å². The largest absolute Gasteiger partial charge is 0.465 e. The first kappa shape index (κ1) is 16.5. The summed E-state index contributed by atoms with van der Waals surface area (Å²) in [4.78, 5) is 17.6. The molecule has 140 valence electrons. The number of nitrogens with one attached hydrogen (secondary N) is 1. The van der Waals surface area contributed by atoms with Gasteiger partial charge in [-0.3, -0.25) is 0 Å². The number of carbonyl (C=O) groups excluding carboxylic acids is 1. The first-order valence-electron chi connectivity index (χ1n) is 9.05. The summed E-state index contributed by atoms with van der Waals surface area (Å²) in [7, 11) is 1.39. The molecule has 1 N–H and O–H groups in total. The summed E-state index contributed by atoms with van der Waals surface area (Å²) < 4.78 is 6.61. The molecule has 0 fully saturated rings. The number of carbonyl (C=O) groups is 1. The number of tetrazole rings is 1. The van der Waals surface area contributed by atoms with Crippen molar-refractivity contribution in [3.63, 3.8) is 0 Å². The maximum atomic E-state index is 11.9. The summed E-state index contributed by atoms with van der Waals surface area (Å²) in [6.45, 7) is 1.46. The van der Waals surface area contributed by atoms with Crippen molar-refractivity contribution in [2.24, 2.45) is 0 Å². The smallest absolute Gasteiger partial charge is 0.337 e. The molecule has 0 saturated carbocycles. The zero-order valence-corrected chi connectivity index (χ0v) is 15.3. The van der Waals surface area contributed by atoms with Crippen LogP contribution in [0, 0.1) is 0 Å². The molecular formula is C20H18N6O2. The number of anilines is 1. The third kappa shape index (κ3) is 2.61. The Morgan fingerprint density at radius 1 is 1.18 bits per heavy atom. The number of esters is 1. The third-order valence-corrected chi connectivity index (χ3v) is 5.13. The van der Waals surface area contributed by atoms with Gasteiger partial charge >= 0.3 is 5.97 Å². The maximum absolute atomic E-state index is 11.9. The van der Waals surface area contributed by atoms with Crippen LogP contribution in [0.15, 0.2) is 48.5 Å². The van der Waals surface area contributed by atoms with Gasteiger partial charge in [-0.15, -0.1) is 0 Å². The number of rotatable bonds is 3. The molecule has 4 aromatic rings. The number of aromatic amines is 1. The number of benzene rings is 2. The molecule has 0 saturated heterocycles. The second-order valence-electron chi connectivity index (χ2n) is 6.73. The van der Waals surface area contributed by atoms with E-state index in [-0.39, 0.29) is 5.97 Å². The van der Waals surface area contributed by atoms with E-state index < -0.39 is 0 Å². The van der Waals surface area contributed by atoms with E-state index in [0.29, 0.717) is 18.1 Å². The lowest BCUT2D eigenvalue weighted by Crippen LogP contribution is -2.32. The minimum atomic E-state index is -0.336. The van der Waals surface area contributed by atoms with Crippen molar-refractivity contribution in [3.05, 3.63) is 65.4 Å². The second kappa shape index (κ2) is 6.49. The fraction of sp³-hybridized carbons (Fsp3) is 0.200. The molecule has 0 radical (unpaired) electrons. The molecule has 0 amide bonds. The maximum Gasteiger partial charge on any atom is 0.337 e. The number of nitrogens with zero attached hydrogens (tertiary/aromatic N) is 5. The Labute approximate surface area is 160 Å². The molecule has 0 atom stereocenters. The van der Waals surface area contributed by atoms with Crippen LogP contribution in [0.5, 0.6) is 0 Å². The lowest BCUT2D eigenvalue weighted by molar-refractivity contribution is 0.0601. The van der Waals surface area contributed by atoms with Gasteiger partial charge < -0.3 is 14.6 Å². The van der Waals surface area contributed by atoms with E-state index in [4.69, 9.17) is 4.74 Å².